The summed E-state index contributed by atoms with van der Waals surface area (Å²) in [7, 11) is 0. The highest BCUT2D eigenvalue weighted by molar-refractivity contribution is 5.98. The molecule has 0 aromatic heterocycles. The van der Waals surface area contributed by atoms with E-state index in [1.165, 1.54) is 54.0 Å². The van der Waals surface area contributed by atoms with E-state index in [0.717, 1.165) is 5.92 Å². The Morgan fingerprint density at radius 3 is 2.18 bits per heavy atom. The number of rotatable bonds is 2. The van der Waals surface area contributed by atoms with Crippen LogP contribution in [-0.4, -0.2) is 0 Å². The molecule has 1 aliphatic rings. The third kappa shape index (κ3) is 2.43. The van der Waals surface area contributed by atoms with Crippen LogP contribution in [0.2, 0.25) is 0 Å². The predicted octanol–water partition coefficient (Wildman–Crippen LogP) is 6.55. The summed E-state index contributed by atoms with van der Waals surface area (Å²) in [6, 6.07) is 24.4. The molecule has 4 rings (SSSR count). The molecule has 0 amide bonds. The van der Waals surface area contributed by atoms with Crippen LogP contribution in [0.3, 0.4) is 0 Å². The SMILES string of the molecule is c1ccc(-c2c(C3CCCCC3)ccc3ccccc23)cc1. The van der Waals surface area contributed by atoms with Crippen molar-refractivity contribution < 1.29 is 0 Å². The average Bonchev–Trinajstić information content (AvgIpc) is 2.62. The molecule has 0 heterocycles. The van der Waals surface area contributed by atoms with Gasteiger partial charge in [0.1, 0.15) is 0 Å². The molecule has 0 N–H and O–H groups in total. The number of benzene rings is 3. The minimum atomic E-state index is 0.730. The van der Waals surface area contributed by atoms with E-state index in [1.807, 2.05) is 0 Å². The summed E-state index contributed by atoms with van der Waals surface area (Å²) < 4.78 is 0. The third-order valence-electron chi connectivity index (χ3n) is 5.07. The van der Waals surface area contributed by atoms with Crippen LogP contribution in [0.1, 0.15) is 43.6 Å². The zero-order chi connectivity index (χ0) is 14.8. The van der Waals surface area contributed by atoms with Crippen LogP contribution < -0.4 is 0 Å². The van der Waals surface area contributed by atoms with Gasteiger partial charge in [-0.15, -0.1) is 0 Å². The van der Waals surface area contributed by atoms with E-state index in [9.17, 15) is 0 Å². The smallest absolute Gasteiger partial charge is 0.00705 e. The average molecular weight is 286 g/mol. The van der Waals surface area contributed by atoms with Gasteiger partial charge in [0, 0.05) is 0 Å². The fourth-order valence-corrected chi connectivity index (χ4v) is 3.97. The molecule has 22 heavy (non-hydrogen) atoms. The summed E-state index contributed by atoms with van der Waals surface area (Å²) in [6.07, 6.45) is 6.86. The minimum Gasteiger partial charge on any atom is -0.0622 e. The number of fused-ring (bicyclic) bond motifs is 1. The normalized spacial score (nSPS) is 16.0. The van der Waals surface area contributed by atoms with Crippen molar-refractivity contribution in [1.29, 1.82) is 0 Å². The second-order valence-electron chi connectivity index (χ2n) is 6.45. The van der Waals surface area contributed by atoms with Crippen LogP contribution in [0.25, 0.3) is 21.9 Å². The highest BCUT2D eigenvalue weighted by Gasteiger charge is 2.20. The standard InChI is InChI=1S/C22H22/c1-3-9-17(10-4-1)21-16-15-18-11-7-8-14-20(18)22(21)19-12-5-2-6-13-19/h2,5-8,11-17H,1,3-4,9-10H2. The molecular formula is C22H22. The summed E-state index contributed by atoms with van der Waals surface area (Å²) in [5.74, 6) is 0.730. The lowest BCUT2D eigenvalue weighted by molar-refractivity contribution is 0.444. The monoisotopic (exact) mass is 286 g/mol. The Balaban J connectivity index is 1.96. The largest absolute Gasteiger partial charge is 0.0622 e. The zero-order valence-corrected chi connectivity index (χ0v) is 13.0. The van der Waals surface area contributed by atoms with Gasteiger partial charge in [0.15, 0.2) is 0 Å². The highest BCUT2D eigenvalue weighted by Crippen LogP contribution is 2.41. The topological polar surface area (TPSA) is 0 Å². The fourth-order valence-electron chi connectivity index (χ4n) is 3.97. The van der Waals surface area contributed by atoms with Crippen molar-refractivity contribution in [3.63, 3.8) is 0 Å². The van der Waals surface area contributed by atoms with Gasteiger partial charge in [0.2, 0.25) is 0 Å². The molecule has 3 aromatic rings. The van der Waals surface area contributed by atoms with Crippen LogP contribution in [0.5, 0.6) is 0 Å². The molecule has 110 valence electrons. The summed E-state index contributed by atoms with van der Waals surface area (Å²) in [5.41, 5.74) is 4.38. The molecule has 0 saturated heterocycles. The van der Waals surface area contributed by atoms with Gasteiger partial charge in [-0.2, -0.15) is 0 Å². The predicted molar refractivity (Wildman–Crippen MR) is 95.2 cm³/mol. The van der Waals surface area contributed by atoms with Crippen molar-refractivity contribution >= 4 is 10.8 Å². The van der Waals surface area contributed by atoms with Crippen LogP contribution in [0.4, 0.5) is 0 Å². The summed E-state index contributed by atoms with van der Waals surface area (Å²) >= 11 is 0. The molecule has 0 aliphatic heterocycles. The molecule has 3 aromatic carbocycles. The Morgan fingerprint density at radius 2 is 1.36 bits per heavy atom. The Bertz CT molecular complexity index is 764. The lowest BCUT2D eigenvalue weighted by atomic mass is 9.79. The summed E-state index contributed by atoms with van der Waals surface area (Å²) in [6.45, 7) is 0. The van der Waals surface area contributed by atoms with Crippen molar-refractivity contribution in [2.45, 2.75) is 38.0 Å². The van der Waals surface area contributed by atoms with Crippen molar-refractivity contribution in [3.8, 4) is 11.1 Å². The fraction of sp³-hybridized carbons (Fsp3) is 0.273. The van der Waals surface area contributed by atoms with Crippen molar-refractivity contribution in [3.05, 3.63) is 72.3 Å². The molecule has 1 aliphatic carbocycles. The second kappa shape index (κ2) is 5.96. The van der Waals surface area contributed by atoms with Gasteiger partial charge in [0.25, 0.3) is 0 Å². The molecule has 0 radical (unpaired) electrons. The maximum absolute atomic E-state index is 2.39. The molecular weight excluding hydrogens is 264 g/mol. The van der Waals surface area contributed by atoms with E-state index in [1.54, 1.807) is 5.56 Å². The minimum absolute atomic E-state index is 0.730. The first kappa shape index (κ1) is 13.6. The van der Waals surface area contributed by atoms with Crippen molar-refractivity contribution in [2.75, 3.05) is 0 Å². The molecule has 0 nitrogen and oxygen atoms in total. The van der Waals surface area contributed by atoms with Gasteiger partial charge >= 0.3 is 0 Å². The first-order valence-corrected chi connectivity index (χ1v) is 8.50. The van der Waals surface area contributed by atoms with Gasteiger partial charge in [-0.25, -0.2) is 0 Å². The Kier molecular flexibility index (Phi) is 3.68. The van der Waals surface area contributed by atoms with E-state index < -0.39 is 0 Å². The van der Waals surface area contributed by atoms with Crippen molar-refractivity contribution in [2.24, 2.45) is 0 Å². The van der Waals surface area contributed by atoms with Gasteiger partial charge in [-0.05, 0) is 46.2 Å². The van der Waals surface area contributed by atoms with E-state index in [-0.39, 0.29) is 0 Å². The Labute approximate surface area is 132 Å². The molecule has 0 bridgehead atoms. The van der Waals surface area contributed by atoms with E-state index in [2.05, 4.69) is 66.7 Å². The quantitative estimate of drug-likeness (QED) is 0.500. The van der Waals surface area contributed by atoms with E-state index >= 15 is 0 Å². The lowest BCUT2D eigenvalue weighted by Gasteiger charge is -2.25. The first-order valence-electron chi connectivity index (χ1n) is 8.50. The first-order chi connectivity index (χ1) is 10.9. The maximum Gasteiger partial charge on any atom is -0.00705 e. The van der Waals surface area contributed by atoms with Gasteiger partial charge in [-0.3, -0.25) is 0 Å². The maximum atomic E-state index is 2.39. The third-order valence-corrected chi connectivity index (χ3v) is 5.07. The number of hydrogen-bond donors (Lipinski definition) is 0. The Hall–Kier alpha value is -2.08. The highest BCUT2D eigenvalue weighted by atomic mass is 14.2. The van der Waals surface area contributed by atoms with Gasteiger partial charge in [-0.1, -0.05) is 86.0 Å². The Morgan fingerprint density at radius 1 is 0.636 bits per heavy atom. The van der Waals surface area contributed by atoms with E-state index in [0.29, 0.717) is 0 Å². The van der Waals surface area contributed by atoms with Crippen LogP contribution >= 0.6 is 0 Å². The summed E-state index contributed by atoms with van der Waals surface area (Å²) in [4.78, 5) is 0. The van der Waals surface area contributed by atoms with E-state index in [4.69, 9.17) is 0 Å². The van der Waals surface area contributed by atoms with Crippen LogP contribution in [-0.2, 0) is 0 Å². The van der Waals surface area contributed by atoms with Gasteiger partial charge < -0.3 is 0 Å². The lowest BCUT2D eigenvalue weighted by Crippen LogP contribution is -2.06. The summed E-state index contributed by atoms with van der Waals surface area (Å²) in [5, 5.41) is 2.75. The van der Waals surface area contributed by atoms with Crippen LogP contribution in [0, 0.1) is 0 Å². The molecule has 1 saturated carbocycles. The zero-order valence-electron chi connectivity index (χ0n) is 13.0. The molecule has 1 fully saturated rings. The molecule has 0 atom stereocenters. The molecule has 0 unspecified atom stereocenters. The number of hydrogen-bond acceptors (Lipinski definition) is 0. The molecule has 0 heteroatoms. The second-order valence-corrected chi connectivity index (χ2v) is 6.45. The molecule has 0 spiro atoms. The van der Waals surface area contributed by atoms with Crippen molar-refractivity contribution in [1.82, 2.24) is 0 Å². The van der Waals surface area contributed by atoms with Crippen LogP contribution in [0.15, 0.2) is 66.7 Å². The van der Waals surface area contributed by atoms with Gasteiger partial charge in [0.05, 0.1) is 0 Å².